The maximum atomic E-state index is 11.8. The fourth-order valence-corrected chi connectivity index (χ4v) is 2.09. The summed E-state index contributed by atoms with van der Waals surface area (Å²) in [7, 11) is 0. The van der Waals surface area contributed by atoms with Gasteiger partial charge in [0.2, 0.25) is 0 Å². The van der Waals surface area contributed by atoms with Gasteiger partial charge in [0.25, 0.3) is 5.91 Å². The van der Waals surface area contributed by atoms with E-state index < -0.39 is 5.97 Å². The average Bonchev–Trinajstić information content (AvgIpc) is 2.54. The maximum Gasteiger partial charge on any atom is 0.338 e. The highest BCUT2D eigenvalue weighted by Gasteiger charge is 2.11. The van der Waals surface area contributed by atoms with Crippen molar-refractivity contribution in [1.82, 2.24) is 5.32 Å². The molecule has 0 aromatic heterocycles. The minimum absolute atomic E-state index is 0.241. The zero-order chi connectivity index (χ0) is 16.8. The normalized spacial score (nSPS) is 10.2. The average molecular weight is 352 g/mol. The fourth-order valence-electron chi connectivity index (χ4n) is 1.80. The number of ether oxygens (including phenoxy) is 1. The summed E-state index contributed by atoms with van der Waals surface area (Å²) >= 11 is 11.6. The van der Waals surface area contributed by atoms with Crippen LogP contribution < -0.4 is 5.32 Å². The molecule has 1 amide bonds. The molecule has 0 aliphatic heterocycles. The molecule has 0 radical (unpaired) electrons. The Morgan fingerprint density at radius 1 is 1.04 bits per heavy atom. The van der Waals surface area contributed by atoms with Crippen molar-refractivity contribution >= 4 is 35.1 Å². The molecular weight excluding hydrogens is 337 g/mol. The van der Waals surface area contributed by atoms with Gasteiger partial charge in [0, 0.05) is 6.54 Å². The molecule has 4 nitrogen and oxygen atoms in total. The summed E-state index contributed by atoms with van der Waals surface area (Å²) in [6.07, 6.45) is 0. The standard InChI is InChI=1S/C17H15Cl2NO3/c1-11-2-4-12(5-3-11)9-20-16(21)10-23-17(22)13-6-7-14(18)15(19)8-13/h2-8H,9-10H2,1H3,(H,20,21). The molecule has 0 atom stereocenters. The lowest BCUT2D eigenvalue weighted by atomic mass is 10.1. The molecule has 6 heteroatoms. The first-order valence-electron chi connectivity index (χ1n) is 6.90. The molecule has 0 saturated carbocycles. The second-order valence-corrected chi connectivity index (χ2v) is 5.78. The highest BCUT2D eigenvalue weighted by Crippen LogP contribution is 2.22. The van der Waals surface area contributed by atoms with E-state index in [2.05, 4.69) is 5.32 Å². The number of benzene rings is 2. The Hall–Kier alpha value is -2.04. The predicted molar refractivity (Wildman–Crippen MR) is 89.8 cm³/mol. The van der Waals surface area contributed by atoms with E-state index >= 15 is 0 Å². The predicted octanol–water partition coefficient (Wildman–Crippen LogP) is 3.78. The molecule has 23 heavy (non-hydrogen) atoms. The first-order valence-corrected chi connectivity index (χ1v) is 7.66. The van der Waals surface area contributed by atoms with Crippen LogP contribution in [-0.4, -0.2) is 18.5 Å². The SMILES string of the molecule is Cc1ccc(CNC(=O)COC(=O)c2ccc(Cl)c(Cl)c2)cc1. The van der Waals surface area contributed by atoms with Crippen molar-refractivity contribution in [2.24, 2.45) is 0 Å². The number of nitrogens with one attached hydrogen (secondary N) is 1. The number of halogens is 2. The van der Waals surface area contributed by atoms with Crippen LogP contribution in [0.3, 0.4) is 0 Å². The van der Waals surface area contributed by atoms with Gasteiger partial charge in [0.1, 0.15) is 0 Å². The number of hydrogen-bond acceptors (Lipinski definition) is 3. The zero-order valence-electron chi connectivity index (χ0n) is 12.4. The Morgan fingerprint density at radius 2 is 1.74 bits per heavy atom. The van der Waals surface area contributed by atoms with Gasteiger partial charge in [-0.2, -0.15) is 0 Å². The van der Waals surface area contributed by atoms with Crippen LogP contribution in [0.2, 0.25) is 10.0 Å². The molecule has 0 heterocycles. The lowest BCUT2D eigenvalue weighted by Crippen LogP contribution is -2.28. The molecule has 0 spiro atoms. The molecule has 2 aromatic carbocycles. The third kappa shape index (κ3) is 5.27. The summed E-state index contributed by atoms with van der Waals surface area (Å²) in [4.78, 5) is 23.5. The van der Waals surface area contributed by atoms with Crippen LogP contribution in [0, 0.1) is 6.92 Å². The third-order valence-corrected chi connectivity index (χ3v) is 3.84. The largest absolute Gasteiger partial charge is 0.452 e. The molecule has 0 fully saturated rings. The Balaban J connectivity index is 1.80. The fraction of sp³-hybridized carbons (Fsp3) is 0.176. The molecular formula is C17H15Cl2NO3. The Bertz CT molecular complexity index is 714. The van der Waals surface area contributed by atoms with Crippen LogP contribution in [0.15, 0.2) is 42.5 Å². The molecule has 2 aromatic rings. The number of amides is 1. The van der Waals surface area contributed by atoms with E-state index in [1.165, 1.54) is 18.2 Å². The monoisotopic (exact) mass is 351 g/mol. The molecule has 1 N–H and O–H groups in total. The van der Waals surface area contributed by atoms with Crippen LogP contribution in [-0.2, 0) is 16.1 Å². The second-order valence-electron chi connectivity index (χ2n) is 4.97. The van der Waals surface area contributed by atoms with Gasteiger partial charge < -0.3 is 10.1 Å². The smallest absolute Gasteiger partial charge is 0.338 e. The van der Waals surface area contributed by atoms with Crippen molar-refractivity contribution in [3.8, 4) is 0 Å². The van der Waals surface area contributed by atoms with E-state index in [-0.39, 0.29) is 23.1 Å². The van der Waals surface area contributed by atoms with Gasteiger partial charge in [-0.25, -0.2) is 4.79 Å². The Labute approximate surface area is 144 Å². The summed E-state index contributed by atoms with van der Waals surface area (Å²) in [5.74, 6) is -1.01. The van der Waals surface area contributed by atoms with Crippen molar-refractivity contribution in [2.45, 2.75) is 13.5 Å². The topological polar surface area (TPSA) is 55.4 Å². The van der Waals surface area contributed by atoms with Crippen LogP contribution in [0.1, 0.15) is 21.5 Å². The van der Waals surface area contributed by atoms with E-state index in [9.17, 15) is 9.59 Å². The van der Waals surface area contributed by atoms with Crippen molar-refractivity contribution < 1.29 is 14.3 Å². The first-order chi connectivity index (χ1) is 11.0. The van der Waals surface area contributed by atoms with E-state index in [4.69, 9.17) is 27.9 Å². The summed E-state index contributed by atoms with van der Waals surface area (Å²) in [5, 5.41) is 3.28. The van der Waals surface area contributed by atoms with Gasteiger partial charge in [-0.05, 0) is 30.7 Å². The highest BCUT2D eigenvalue weighted by atomic mass is 35.5. The van der Waals surface area contributed by atoms with Crippen LogP contribution in [0.25, 0.3) is 0 Å². The maximum absolute atomic E-state index is 11.8. The highest BCUT2D eigenvalue weighted by molar-refractivity contribution is 6.42. The minimum atomic E-state index is -0.631. The molecule has 120 valence electrons. The molecule has 0 saturated heterocycles. The van der Waals surface area contributed by atoms with E-state index in [0.29, 0.717) is 11.6 Å². The molecule has 0 aliphatic carbocycles. The van der Waals surface area contributed by atoms with Crippen molar-refractivity contribution in [3.05, 3.63) is 69.2 Å². The molecule has 2 rings (SSSR count). The van der Waals surface area contributed by atoms with E-state index in [1.54, 1.807) is 0 Å². The zero-order valence-corrected chi connectivity index (χ0v) is 13.9. The van der Waals surface area contributed by atoms with Crippen molar-refractivity contribution in [2.75, 3.05) is 6.61 Å². The molecule has 0 bridgehead atoms. The first kappa shape index (κ1) is 17.3. The van der Waals surface area contributed by atoms with Gasteiger partial charge in [-0.3, -0.25) is 4.79 Å². The van der Waals surface area contributed by atoms with Crippen molar-refractivity contribution in [3.63, 3.8) is 0 Å². The van der Waals surface area contributed by atoms with Gasteiger partial charge in [0.05, 0.1) is 15.6 Å². The van der Waals surface area contributed by atoms with E-state index in [1.807, 2.05) is 31.2 Å². The lowest BCUT2D eigenvalue weighted by molar-refractivity contribution is -0.124. The quantitative estimate of drug-likeness (QED) is 0.834. The third-order valence-electron chi connectivity index (χ3n) is 3.10. The van der Waals surface area contributed by atoms with E-state index in [0.717, 1.165) is 11.1 Å². The van der Waals surface area contributed by atoms with Crippen LogP contribution in [0.5, 0.6) is 0 Å². The van der Waals surface area contributed by atoms with Gasteiger partial charge >= 0.3 is 5.97 Å². The summed E-state index contributed by atoms with van der Waals surface area (Å²) in [6, 6.07) is 12.2. The van der Waals surface area contributed by atoms with Gasteiger partial charge in [-0.15, -0.1) is 0 Å². The Kier molecular flexibility index (Phi) is 6.02. The Morgan fingerprint density at radius 3 is 2.39 bits per heavy atom. The van der Waals surface area contributed by atoms with Crippen molar-refractivity contribution in [1.29, 1.82) is 0 Å². The number of carbonyl (C=O) groups is 2. The number of aryl methyl sites for hydroxylation is 1. The van der Waals surface area contributed by atoms with Crippen LogP contribution >= 0.6 is 23.2 Å². The lowest BCUT2D eigenvalue weighted by Gasteiger charge is -2.07. The number of esters is 1. The number of carbonyl (C=O) groups excluding carboxylic acids is 2. The van der Waals surface area contributed by atoms with Gasteiger partial charge in [-0.1, -0.05) is 53.0 Å². The second kappa shape index (κ2) is 7.99. The number of rotatable bonds is 5. The molecule has 0 unspecified atom stereocenters. The van der Waals surface area contributed by atoms with Gasteiger partial charge in [0.15, 0.2) is 6.61 Å². The van der Waals surface area contributed by atoms with Crippen LogP contribution in [0.4, 0.5) is 0 Å². The summed E-state index contributed by atoms with van der Waals surface area (Å²) in [5.41, 5.74) is 2.36. The molecule has 0 aliphatic rings. The summed E-state index contributed by atoms with van der Waals surface area (Å²) in [6.45, 7) is 2.01. The minimum Gasteiger partial charge on any atom is -0.452 e. The number of hydrogen-bond donors (Lipinski definition) is 1. The summed E-state index contributed by atoms with van der Waals surface area (Å²) < 4.78 is 4.94.